The molecule has 0 aliphatic rings. The Bertz CT molecular complexity index is 609. The average molecular weight is 309 g/mol. The second kappa shape index (κ2) is 6.98. The highest BCUT2D eigenvalue weighted by atomic mass is 32.1. The monoisotopic (exact) mass is 309 g/mol. The summed E-state index contributed by atoms with van der Waals surface area (Å²) in [5, 5.41) is 17.1. The Hall–Kier alpha value is -2.22. The number of carboxylic acid groups (broad SMARTS) is 1. The van der Waals surface area contributed by atoms with Crippen molar-refractivity contribution in [3.63, 3.8) is 0 Å². The van der Waals surface area contributed by atoms with Crippen molar-refractivity contribution in [3.05, 3.63) is 23.4 Å². The number of hydrogen-bond donors (Lipinski definition) is 2. The molecule has 0 aliphatic carbocycles. The molecule has 0 radical (unpaired) electrons. The highest BCUT2D eigenvalue weighted by molar-refractivity contribution is 7.13. The predicted molar refractivity (Wildman–Crippen MR) is 75.8 cm³/mol. The average Bonchev–Trinajstić information content (AvgIpc) is 3.12. The summed E-state index contributed by atoms with van der Waals surface area (Å²) in [4.78, 5) is 27.6. The van der Waals surface area contributed by atoms with Gasteiger partial charge in [0, 0.05) is 12.8 Å². The number of amides is 1. The van der Waals surface area contributed by atoms with Gasteiger partial charge in [-0.3, -0.25) is 4.79 Å². The minimum atomic E-state index is -1.04. The van der Waals surface area contributed by atoms with Crippen molar-refractivity contribution in [1.82, 2.24) is 15.5 Å². The molecule has 1 amide bonds. The topological polar surface area (TPSA) is 105 Å². The van der Waals surface area contributed by atoms with E-state index in [9.17, 15) is 9.59 Å². The summed E-state index contributed by atoms with van der Waals surface area (Å²) in [7, 11) is 0. The van der Waals surface area contributed by atoms with E-state index in [0.29, 0.717) is 18.1 Å². The minimum Gasteiger partial charge on any atom is -0.480 e. The number of nitrogens with one attached hydrogen (secondary N) is 1. The third-order valence-corrected chi connectivity index (χ3v) is 3.68. The number of aryl methyl sites for hydroxylation is 1. The van der Waals surface area contributed by atoms with Gasteiger partial charge in [0.2, 0.25) is 17.6 Å². The summed E-state index contributed by atoms with van der Waals surface area (Å²) in [6, 6.07) is 2.91. The van der Waals surface area contributed by atoms with Gasteiger partial charge in [-0.1, -0.05) is 18.1 Å². The normalized spacial score (nSPS) is 12.0. The summed E-state index contributed by atoms with van der Waals surface area (Å²) in [5.41, 5.74) is 0. The molecule has 0 spiro atoms. The molecule has 2 rings (SSSR count). The summed E-state index contributed by atoms with van der Waals surface area (Å²) in [5.74, 6) is -0.530. The van der Waals surface area contributed by atoms with Crippen LogP contribution in [-0.2, 0) is 16.0 Å². The molecule has 2 heterocycles. The number of carboxylic acids is 1. The summed E-state index contributed by atoms with van der Waals surface area (Å²) < 4.78 is 5.07. The van der Waals surface area contributed by atoms with Crippen LogP contribution in [-0.4, -0.2) is 33.2 Å². The van der Waals surface area contributed by atoms with Crippen molar-refractivity contribution in [1.29, 1.82) is 0 Å². The maximum absolute atomic E-state index is 11.7. The van der Waals surface area contributed by atoms with Gasteiger partial charge in [0.1, 0.15) is 6.04 Å². The second-order valence-corrected chi connectivity index (χ2v) is 5.30. The minimum absolute atomic E-state index is 0.107. The van der Waals surface area contributed by atoms with E-state index in [0.717, 1.165) is 4.88 Å². The Labute approximate surface area is 125 Å². The van der Waals surface area contributed by atoms with Crippen LogP contribution in [0.3, 0.4) is 0 Å². The Balaban J connectivity index is 1.86. The number of aliphatic carboxylic acids is 1. The first-order chi connectivity index (χ1) is 10.1. The maximum atomic E-state index is 11.7. The molecule has 112 valence electrons. The first-order valence-corrected chi connectivity index (χ1v) is 7.36. The zero-order chi connectivity index (χ0) is 15.2. The Kier molecular flexibility index (Phi) is 5.04. The zero-order valence-electron chi connectivity index (χ0n) is 11.4. The Morgan fingerprint density at radius 2 is 2.33 bits per heavy atom. The number of aromatic nitrogens is 2. The number of rotatable bonds is 7. The standard InChI is InChI=1S/C13H15N3O4S/c1-2-8(13(18)19)14-10(17)5-6-11-15-12(16-20-11)9-4-3-7-21-9/h3-4,7-8H,2,5-6H2,1H3,(H,14,17)(H,18,19). The highest BCUT2D eigenvalue weighted by Gasteiger charge is 2.18. The lowest BCUT2D eigenvalue weighted by Crippen LogP contribution is -2.40. The predicted octanol–water partition coefficient (Wildman–Crippen LogP) is 1.71. The molecule has 0 fully saturated rings. The van der Waals surface area contributed by atoms with E-state index < -0.39 is 12.0 Å². The molecule has 2 N–H and O–H groups in total. The van der Waals surface area contributed by atoms with Crippen LogP contribution in [0.15, 0.2) is 22.0 Å². The van der Waals surface area contributed by atoms with Gasteiger partial charge < -0.3 is 14.9 Å². The molecular formula is C13H15N3O4S. The fraction of sp³-hybridized carbons (Fsp3) is 0.385. The zero-order valence-corrected chi connectivity index (χ0v) is 12.2. The van der Waals surface area contributed by atoms with Crippen LogP contribution in [0, 0.1) is 0 Å². The quantitative estimate of drug-likeness (QED) is 0.806. The van der Waals surface area contributed by atoms with Crippen molar-refractivity contribution in [2.75, 3.05) is 0 Å². The first-order valence-electron chi connectivity index (χ1n) is 6.48. The van der Waals surface area contributed by atoms with E-state index in [1.54, 1.807) is 6.92 Å². The van der Waals surface area contributed by atoms with Crippen LogP contribution in [0.25, 0.3) is 10.7 Å². The van der Waals surface area contributed by atoms with Crippen molar-refractivity contribution < 1.29 is 19.2 Å². The first kappa shape index (κ1) is 15.2. The molecular weight excluding hydrogens is 294 g/mol. The SMILES string of the molecule is CCC(NC(=O)CCc1nc(-c2cccs2)no1)C(=O)O. The van der Waals surface area contributed by atoms with Gasteiger partial charge in [-0.05, 0) is 17.9 Å². The van der Waals surface area contributed by atoms with E-state index in [2.05, 4.69) is 15.5 Å². The van der Waals surface area contributed by atoms with E-state index >= 15 is 0 Å². The van der Waals surface area contributed by atoms with E-state index in [1.165, 1.54) is 11.3 Å². The smallest absolute Gasteiger partial charge is 0.326 e. The molecule has 1 atom stereocenters. The van der Waals surface area contributed by atoms with E-state index in [4.69, 9.17) is 9.63 Å². The van der Waals surface area contributed by atoms with E-state index in [-0.39, 0.29) is 18.7 Å². The van der Waals surface area contributed by atoms with Crippen molar-refractivity contribution in [3.8, 4) is 10.7 Å². The third kappa shape index (κ3) is 4.12. The maximum Gasteiger partial charge on any atom is 0.326 e. The lowest BCUT2D eigenvalue weighted by molar-refractivity contribution is -0.141. The fourth-order valence-electron chi connectivity index (χ4n) is 1.69. The Morgan fingerprint density at radius 3 is 2.95 bits per heavy atom. The van der Waals surface area contributed by atoms with Crippen LogP contribution >= 0.6 is 11.3 Å². The molecule has 0 bridgehead atoms. The number of nitrogens with zero attached hydrogens (tertiary/aromatic N) is 2. The summed E-state index contributed by atoms with van der Waals surface area (Å²) in [6.45, 7) is 1.70. The van der Waals surface area contributed by atoms with Crippen molar-refractivity contribution in [2.24, 2.45) is 0 Å². The van der Waals surface area contributed by atoms with Crippen LogP contribution in [0.2, 0.25) is 0 Å². The summed E-state index contributed by atoms with van der Waals surface area (Å²) in [6.07, 6.45) is 0.722. The van der Waals surface area contributed by atoms with Crippen LogP contribution in [0.4, 0.5) is 0 Å². The number of hydrogen-bond acceptors (Lipinski definition) is 6. The van der Waals surface area contributed by atoms with Crippen LogP contribution in [0.1, 0.15) is 25.7 Å². The molecule has 21 heavy (non-hydrogen) atoms. The number of carbonyl (C=O) groups is 2. The van der Waals surface area contributed by atoms with Crippen LogP contribution < -0.4 is 5.32 Å². The molecule has 0 saturated carbocycles. The third-order valence-electron chi connectivity index (χ3n) is 2.82. The lowest BCUT2D eigenvalue weighted by atomic mass is 10.2. The largest absolute Gasteiger partial charge is 0.480 e. The number of thiophene rings is 1. The molecule has 2 aromatic heterocycles. The molecule has 0 aromatic carbocycles. The second-order valence-electron chi connectivity index (χ2n) is 4.36. The van der Waals surface area contributed by atoms with Crippen LogP contribution in [0.5, 0.6) is 0 Å². The van der Waals surface area contributed by atoms with E-state index in [1.807, 2.05) is 17.5 Å². The van der Waals surface area contributed by atoms with Gasteiger partial charge in [0.15, 0.2) is 0 Å². The lowest BCUT2D eigenvalue weighted by Gasteiger charge is -2.11. The molecule has 1 unspecified atom stereocenters. The van der Waals surface area contributed by atoms with Crippen molar-refractivity contribution in [2.45, 2.75) is 32.2 Å². The highest BCUT2D eigenvalue weighted by Crippen LogP contribution is 2.21. The summed E-state index contributed by atoms with van der Waals surface area (Å²) >= 11 is 1.50. The van der Waals surface area contributed by atoms with Gasteiger partial charge >= 0.3 is 5.97 Å². The Morgan fingerprint density at radius 1 is 1.52 bits per heavy atom. The van der Waals surface area contributed by atoms with Gasteiger partial charge in [-0.2, -0.15) is 4.98 Å². The molecule has 8 heteroatoms. The van der Waals surface area contributed by atoms with Gasteiger partial charge in [0.25, 0.3) is 0 Å². The number of carbonyl (C=O) groups excluding carboxylic acids is 1. The fourth-order valence-corrected chi connectivity index (χ4v) is 2.34. The van der Waals surface area contributed by atoms with Gasteiger partial charge in [-0.15, -0.1) is 11.3 Å². The molecule has 0 saturated heterocycles. The molecule has 2 aromatic rings. The van der Waals surface area contributed by atoms with Gasteiger partial charge in [-0.25, -0.2) is 4.79 Å². The molecule has 0 aliphatic heterocycles. The van der Waals surface area contributed by atoms with Gasteiger partial charge in [0.05, 0.1) is 4.88 Å². The molecule has 7 nitrogen and oxygen atoms in total. The van der Waals surface area contributed by atoms with Crippen molar-refractivity contribution >= 4 is 23.2 Å².